The van der Waals surface area contributed by atoms with Crippen molar-refractivity contribution in [1.29, 1.82) is 0 Å². The van der Waals surface area contributed by atoms with Crippen LogP contribution in [0.15, 0.2) is 11.0 Å². The first-order chi connectivity index (χ1) is 13.0. The Kier molecular flexibility index (Phi) is 4.76. The Morgan fingerprint density at radius 2 is 1.93 bits per heavy atom. The third-order valence-corrected chi connectivity index (χ3v) is 7.97. The summed E-state index contributed by atoms with van der Waals surface area (Å²) >= 11 is 0. The standard InChI is InChI=1S/C18H24F3N3O3S/c1-12-5-15(18(19,20)21)22-13(2)16(12)28(25,26)24-10-17(11-24)8-23(9-17)6-14-3-4-27-7-14/h5,14H,3-4,6-11H2,1-2H3. The molecule has 0 amide bonds. The molecule has 0 radical (unpaired) electrons. The molecule has 3 aliphatic rings. The van der Waals surface area contributed by atoms with Gasteiger partial charge in [-0.15, -0.1) is 0 Å². The number of pyridine rings is 1. The van der Waals surface area contributed by atoms with Crippen LogP contribution in [0.4, 0.5) is 13.2 Å². The summed E-state index contributed by atoms with van der Waals surface area (Å²) in [6.45, 7) is 7.84. The van der Waals surface area contributed by atoms with Crippen LogP contribution in [0.3, 0.4) is 0 Å². The molecular weight excluding hydrogens is 395 g/mol. The van der Waals surface area contributed by atoms with Gasteiger partial charge in [0.2, 0.25) is 10.0 Å². The monoisotopic (exact) mass is 419 g/mol. The van der Waals surface area contributed by atoms with Gasteiger partial charge >= 0.3 is 6.18 Å². The molecule has 0 aliphatic carbocycles. The SMILES string of the molecule is Cc1cc(C(F)(F)F)nc(C)c1S(=O)(=O)N1CC2(CN(CC3CCOC3)C2)C1. The van der Waals surface area contributed by atoms with Gasteiger partial charge in [0.1, 0.15) is 10.6 Å². The number of sulfonamides is 1. The van der Waals surface area contributed by atoms with E-state index in [9.17, 15) is 21.6 Å². The molecule has 3 saturated heterocycles. The van der Waals surface area contributed by atoms with E-state index in [1.165, 1.54) is 18.2 Å². The zero-order valence-corrected chi connectivity index (χ0v) is 16.7. The van der Waals surface area contributed by atoms with Crippen molar-refractivity contribution in [2.75, 3.05) is 45.9 Å². The summed E-state index contributed by atoms with van der Waals surface area (Å²) in [5.74, 6) is 0.556. The summed E-state index contributed by atoms with van der Waals surface area (Å²) in [4.78, 5) is 5.73. The van der Waals surface area contributed by atoms with Gasteiger partial charge in [0.05, 0.1) is 12.3 Å². The van der Waals surface area contributed by atoms with Crippen molar-refractivity contribution in [3.8, 4) is 0 Å². The van der Waals surface area contributed by atoms with E-state index < -0.39 is 21.9 Å². The van der Waals surface area contributed by atoms with Crippen molar-refractivity contribution < 1.29 is 26.3 Å². The van der Waals surface area contributed by atoms with E-state index >= 15 is 0 Å². The molecule has 0 aromatic carbocycles. The van der Waals surface area contributed by atoms with Crippen molar-refractivity contribution in [3.63, 3.8) is 0 Å². The second-order valence-electron chi connectivity index (χ2n) is 8.41. The largest absolute Gasteiger partial charge is 0.433 e. The average Bonchev–Trinajstić information content (AvgIpc) is 2.99. The topological polar surface area (TPSA) is 62.7 Å². The maximum Gasteiger partial charge on any atom is 0.433 e. The van der Waals surface area contributed by atoms with Crippen LogP contribution in [0.1, 0.15) is 23.4 Å². The molecule has 0 N–H and O–H groups in total. The number of alkyl halides is 3. The highest BCUT2D eigenvalue weighted by molar-refractivity contribution is 7.89. The van der Waals surface area contributed by atoms with Gasteiger partial charge in [-0.25, -0.2) is 13.4 Å². The smallest absolute Gasteiger partial charge is 0.381 e. The molecule has 3 aliphatic heterocycles. The van der Waals surface area contributed by atoms with Crippen LogP contribution in [0.5, 0.6) is 0 Å². The molecule has 4 rings (SSSR count). The van der Waals surface area contributed by atoms with E-state index in [4.69, 9.17) is 4.74 Å². The predicted octanol–water partition coefficient (Wildman–Crippen LogP) is 2.06. The van der Waals surface area contributed by atoms with E-state index in [2.05, 4.69) is 9.88 Å². The van der Waals surface area contributed by atoms with Gasteiger partial charge in [0.25, 0.3) is 0 Å². The number of hydrogen-bond donors (Lipinski definition) is 0. The van der Waals surface area contributed by atoms with E-state index in [0.29, 0.717) is 19.0 Å². The zero-order valence-electron chi connectivity index (χ0n) is 15.9. The van der Waals surface area contributed by atoms with Crippen LogP contribution >= 0.6 is 0 Å². The first-order valence-corrected chi connectivity index (χ1v) is 10.8. The van der Waals surface area contributed by atoms with Crippen molar-refractivity contribution in [1.82, 2.24) is 14.2 Å². The first-order valence-electron chi connectivity index (χ1n) is 9.36. The minimum atomic E-state index is -4.60. The molecule has 6 nitrogen and oxygen atoms in total. The average molecular weight is 419 g/mol. The summed E-state index contributed by atoms with van der Waals surface area (Å²) in [6.07, 6.45) is -3.53. The Morgan fingerprint density at radius 1 is 1.25 bits per heavy atom. The number of ether oxygens (including phenoxy) is 1. The third-order valence-electron chi connectivity index (χ3n) is 5.90. The molecular formula is C18H24F3N3O3S. The Morgan fingerprint density at radius 3 is 2.46 bits per heavy atom. The lowest BCUT2D eigenvalue weighted by Crippen LogP contribution is -2.73. The van der Waals surface area contributed by atoms with E-state index in [1.54, 1.807) is 0 Å². The van der Waals surface area contributed by atoms with Gasteiger partial charge in [-0.2, -0.15) is 17.5 Å². The van der Waals surface area contributed by atoms with Crippen LogP contribution in [0.2, 0.25) is 0 Å². The lowest BCUT2D eigenvalue weighted by Gasteiger charge is -2.60. The molecule has 0 saturated carbocycles. The Balaban J connectivity index is 1.42. The van der Waals surface area contributed by atoms with Crippen molar-refractivity contribution in [2.45, 2.75) is 31.3 Å². The number of aromatic nitrogens is 1. The Labute approximate surface area is 162 Å². The molecule has 28 heavy (non-hydrogen) atoms. The van der Waals surface area contributed by atoms with Gasteiger partial charge in [-0.3, -0.25) is 0 Å². The Bertz CT molecular complexity index is 845. The second kappa shape index (κ2) is 6.65. The number of aryl methyl sites for hydroxylation is 2. The fourth-order valence-corrected chi connectivity index (χ4v) is 6.71. The number of hydrogen-bond acceptors (Lipinski definition) is 5. The van der Waals surface area contributed by atoms with Crippen LogP contribution in [-0.4, -0.2) is 68.5 Å². The van der Waals surface area contributed by atoms with Gasteiger partial charge in [0.15, 0.2) is 0 Å². The van der Waals surface area contributed by atoms with Gasteiger partial charge in [-0.1, -0.05) is 0 Å². The van der Waals surface area contributed by atoms with E-state index in [1.807, 2.05) is 0 Å². The summed E-state index contributed by atoms with van der Waals surface area (Å²) in [7, 11) is -3.85. The van der Waals surface area contributed by atoms with Gasteiger partial charge in [0, 0.05) is 44.7 Å². The normalized spacial score (nSPS) is 25.7. The van der Waals surface area contributed by atoms with Crippen molar-refractivity contribution in [3.05, 3.63) is 23.0 Å². The maximum absolute atomic E-state index is 13.0. The highest BCUT2D eigenvalue weighted by atomic mass is 32.2. The first kappa shape index (κ1) is 20.1. The molecule has 1 aromatic heterocycles. The predicted molar refractivity (Wildman–Crippen MR) is 95.3 cm³/mol. The zero-order chi connectivity index (χ0) is 20.3. The molecule has 3 fully saturated rings. The molecule has 1 spiro atoms. The molecule has 1 atom stereocenters. The number of likely N-dealkylation sites (tertiary alicyclic amines) is 1. The molecule has 10 heteroatoms. The number of halogens is 3. The van der Waals surface area contributed by atoms with Crippen LogP contribution in [0, 0.1) is 25.2 Å². The highest BCUT2D eigenvalue weighted by Gasteiger charge is 2.55. The quantitative estimate of drug-likeness (QED) is 0.748. The highest BCUT2D eigenvalue weighted by Crippen LogP contribution is 2.43. The minimum Gasteiger partial charge on any atom is -0.381 e. The Hall–Kier alpha value is -1.23. The van der Waals surface area contributed by atoms with E-state index in [-0.39, 0.29) is 21.6 Å². The van der Waals surface area contributed by atoms with Crippen LogP contribution in [0.25, 0.3) is 0 Å². The molecule has 1 aromatic rings. The second-order valence-corrected chi connectivity index (χ2v) is 10.3. The molecule has 4 heterocycles. The van der Waals surface area contributed by atoms with Crippen molar-refractivity contribution >= 4 is 10.0 Å². The van der Waals surface area contributed by atoms with E-state index in [0.717, 1.165) is 45.3 Å². The summed E-state index contributed by atoms with van der Waals surface area (Å²) in [6, 6.07) is 0.810. The van der Waals surface area contributed by atoms with Crippen LogP contribution < -0.4 is 0 Å². The summed E-state index contributed by atoms with van der Waals surface area (Å²) in [5.41, 5.74) is -1.11. The lowest BCUT2D eigenvalue weighted by atomic mass is 9.74. The van der Waals surface area contributed by atoms with Gasteiger partial charge < -0.3 is 9.64 Å². The number of nitrogens with zero attached hydrogens (tertiary/aromatic N) is 3. The minimum absolute atomic E-state index is 0.0202. The summed E-state index contributed by atoms with van der Waals surface area (Å²) < 4.78 is 71.5. The fourth-order valence-electron chi connectivity index (χ4n) is 4.68. The maximum atomic E-state index is 13.0. The summed E-state index contributed by atoms with van der Waals surface area (Å²) in [5, 5.41) is 0. The van der Waals surface area contributed by atoms with Gasteiger partial charge in [-0.05, 0) is 37.8 Å². The fraction of sp³-hybridized carbons (Fsp3) is 0.722. The molecule has 1 unspecified atom stereocenters. The van der Waals surface area contributed by atoms with Crippen molar-refractivity contribution in [2.24, 2.45) is 11.3 Å². The molecule has 0 bridgehead atoms. The lowest BCUT2D eigenvalue weighted by molar-refractivity contribution is -0.141. The van der Waals surface area contributed by atoms with Crippen LogP contribution in [-0.2, 0) is 20.9 Å². The third kappa shape index (κ3) is 3.44. The number of rotatable bonds is 4. The molecule has 156 valence electrons.